The van der Waals surface area contributed by atoms with Gasteiger partial charge in [0.15, 0.2) is 0 Å². The van der Waals surface area contributed by atoms with Crippen molar-refractivity contribution in [1.29, 1.82) is 0 Å². The lowest BCUT2D eigenvalue weighted by atomic mass is 10.1. The second-order valence-electron chi connectivity index (χ2n) is 4.92. The van der Waals surface area contributed by atoms with E-state index in [-0.39, 0.29) is 11.9 Å². The number of nitrogens with two attached hydrogens (primary N) is 1. The van der Waals surface area contributed by atoms with E-state index in [4.69, 9.17) is 5.73 Å². The Balaban J connectivity index is 1.92. The van der Waals surface area contributed by atoms with Crippen LogP contribution in [-0.2, 0) is 0 Å². The third kappa shape index (κ3) is 2.76. The van der Waals surface area contributed by atoms with Crippen LogP contribution in [0.5, 0.6) is 0 Å². The molecule has 0 radical (unpaired) electrons. The van der Waals surface area contributed by atoms with E-state index >= 15 is 0 Å². The van der Waals surface area contributed by atoms with Gasteiger partial charge in [0.1, 0.15) is 18.0 Å². The number of anilines is 2. The molecule has 0 saturated carbocycles. The van der Waals surface area contributed by atoms with Crippen LogP contribution in [0, 0.1) is 5.82 Å². The smallest absolute Gasteiger partial charge is 0.137 e. The quantitative estimate of drug-likeness (QED) is 0.721. The fourth-order valence-corrected chi connectivity index (χ4v) is 2.23. The molecule has 0 aliphatic rings. The summed E-state index contributed by atoms with van der Waals surface area (Å²) < 4.78 is 13.0. The summed E-state index contributed by atoms with van der Waals surface area (Å²) in [5, 5.41) is 4.23. The average Bonchev–Trinajstić information content (AvgIpc) is 2.47. The molecule has 1 heterocycles. The molecule has 0 aliphatic heterocycles. The molecule has 0 saturated heterocycles. The Kier molecular flexibility index (Phi) is 3.39. The molecule has 1 unspecified atom stereocenters. The molecule has 106 valence electrons. The zero-order chi connectivity index (χ0) is 14.8. The molecular weight excluding hydrogens is 267 g/mol. The highest BCUT2D eigenvalue weighted by atomic mass is 19.1. The van der Waals surface area contributed by atoms with Gasteiger partial charge in [-0.15, -0.1) is 0 Å². The van der Waals surface area contributed by atoms with E-state index in [2.05, 4.69) is 15.3 Å². The van der Waals surface area contributed by atoms with E-state index in [1.807, 2.05) is 25.1 Å². The van der Waals surface area contributed by atoms with Gasteiger partial charge in [-0.2, -0.15) is 0 Å². The number of nitrogen functional groups attached to an aromatic ring is 1. The Morgan fingerprint density at radius 1 is 1.10 bits per heavy atom. The number of nitrogens with zero attached hydrogens (tertiary/aromatic N) is 2. The molecule has 0 aliphatic carbocycles. The molecule has 2 aromatic carbocycles. The number of aromatic nitrogens is 2. The van der Waals surface area contributed by atoms with Gasteiger partial charge in [0.2, 0.25) is 0 Å². The molecule has 0 fully saturated rings. The zero-order valence-corrected chi connectivity index (χ0v) is 11.5. The number of fused-ring (bicyclic) bond motifs is 1. The lowest BCUT2D eigenvalue weighted by molar-refractivity contribution is 0.626. The molecule has 3 aromatic rings. The van der Waals surface area contributed by atoms with Crippen LogP contribution in [0.15, 0.2) is 48.8 Å². The first-order chi connectivity index (χ1) is 10.1. The van der Waals surface area contributed by atoms with Gasteiger partial charge in [-0.3, -0.25) is 0 Å². The minimum Gasteiger partial charge on any atom is -0.399 e. The van der Waals surface area contributed by atoms with Crippen LogP contribution >= 0.6 is 0 Å². The Bertz CT molecular complexity index is 771. The molecule has 0 spiro atoms. The van der Waals surface area contributed by atoms with E-state index in [9.17, 15) is 4.39 Å². The second-order valence-corrected chi connectivity index (χ2v) is 4.92. The van der Waals surface area contributed by atoms with Crippen LogP contribution in [0.4, 0.5) is 15.9 Å². The fraction of sp³-hybridized carbons (Fsp3) is 0.125. The summed E-state index contributed by atoms with van der Waals surface area (Å²) >= 11 is 0. The largest absolute Gasteiger partial charge is 0.399 e. The van der Waals surface area contributed by atoms with E-state index in [1.165, 1.54) is 18.5 Å². The Labute approximate surface area is 121 Å². The maximum Gasteiger partial charge on any atom is 0.137 e. The van der Waals surface area contributed by atoms with Gasteiger partial charge in [0, 0.05) is 17.1 Å². The van der Waals surface area contributed by atoms with Crippen molar-refractivity contribution in [2.75, 3.05) is 11.1 Å². The molecule has 5 heteroatoms. The Morgan fingerprint density at radius 2 is 1.86 bits per heavy atom. The van der Waals surface area contributed by atoms with Crippen molar-refractivity contribution in [2.24, 2.45) is 0 Å². The molecule has 21 heavy (non-hydrogen) atoms. The molecule has 1 atom stereocenters. The number of rotatable bonds is 3. The summed E-state index contributed by atoms with van der Waals surface area (Å²) in [7, 11) is 0. The minimum atomic E-state index is -0.242. The van der Waals surface area contributed by atoms with Crippen LogP contribution in [0.1, 0.15) is 18.5 Å². The highest BCUT2D eigenvalue weighted by Crippen LogP contribution is 2.25. The molecule has 0 amide bonds. The second kappa shape index (κ2) is 5.36. The van der Waals surface area contributed by atoms with E-state index in [0.717, 1.165) is 22.3 Å². The molecule has 4 nitrogen and oxygen atoms in total. The highest BCUT2D eigenvalue weighted by Gasteiger charge is 2.09. The van der Waals surface area contributed by atoms with E-state index < -0.39 is 0 Å². The first-order valence-electron chi connectivity index (χ1n) is 6.66. The summed E-state index contributed by atoms with van der Waals surface area (Å²) in [5.74, 6) is 0.491. The standard InChI is InChI=1S/C16H15FN4/c1-10(11-2-4-12(17)5-3-11)21-16-14-7-6-13(18)8-15(14)19-9-20-16/h2-10H,18H2,1H3,(H,19,20,21). The van der Waals surface area contributed by atoms with Crippen LogP contribution in [0.25, 0.3) is 10.9 Å². The van der Waals surface area contributed by atoms with Crippen molar-refractivity contribution < 1.29 is 4.39 Å². The summed E-state index contributed by atoms with van der Waals surface area (Å²) in [5.41, 5.74) is 8.20. The molecular formula is C16H15FN4. The SMILES string of the molecule is CC(Nc1ncnc2cc(N)ccc12)c1ccc(F)cc1. The number of benzene rings is 2. The number of hydrogen-bond donors (Lipinski definition) is 2. The zero-order valence-electron chi connectivity index (χ0n) is 11.5. The fourth-order valence-electron chi connectivity index (χ4n) is 2.23. The van der Waals surface area contributed by atoms with Gasteiger partial charge in [0.05, 0.1) is 5.52 Å². The number of halogens is 1. The number of hydrogen-bond acceptors (Lipinski definition) is 4. The van der Waals surface area contributed by atoms with Gasteiger partial charge in [-0.05, 0) is 42.8 Å². The molecule has 1 aromatic heterocycles. The van der Waals surface area contributed by atoms with Crippen molar-refractivity contribution in [3.05, 3.63) is 60.2 Å². The van der Waals surface area contributed by atoms with Crippen molar-refractivity contribution in [3.63, 3.8) is 0 Å². The first-order valence-corrected chi connectivity index (χ1v) is 6.66. The van der Waals surface area contributed by atoms with Crippen molar-refractivity contribution in [1.82, 2.24) is 9.97 Å². The van der Waals surface area contributed by atoms with Gasteiger partial charge < -0.3 is 11.1 Å². The summed E-state index contributed by atoms with van der Waals surface area (Å²) in [6.07, 6.45) is 1.50. The first kappa shape index (κ1) is 13.3. The lowest BCUT2D eigenvalue weighted by Crippen LogP contribution is -2.08. The highest BCUT2D eigenvalue weighted by molar-refractivity contribution is 5.90. The van der Waals surface area contributed by atoms with Crippen molar-refractivity contribution >= 4 is 22.4 Å². The maximum absolute atomic E-state index is 13.0. The van der Waals surface area contributed by atoms with Gasteiger partial charge in [-0.1, -0.05) is 12.1 Å². The van der Waals surface area contributed by atoms with Gasteiger partial charge in [0.25, 0.3) is 0 Å². The topological polar surface area (TPSA) is 63.8 Å². The minimum absolute atomic E-state index is 0.00116. The predicted molar refractivity (Wildman–Crippen MR) is 82.4 cm³/mol. The monoisotopic (exact) mass is 282 g/mol. The van der Waals surface area contributed by atoms with Crippen molar-refractivity contribution in [2.45, 2.75) is 13.0 Å². The van der Waals surface area contributed by atoms with Crippen LogP contribution in [0.2, 0.25) is 0 Å². The maximum atomic E-state index is 13.0. The van der Waals surface area contributed by atoms with E-state index in [1.54, 1.807) is 12.1 Å². The summed E-state index contributed by atoms with van der Waals surface area (Å²) in [6.45, 7) is 2.00. The summed E-state index contributed by atoms with van der Waals surface area (Å²) in [6, 6.07) is 11.9. The van der Waals surface area contributed by atoms with Crippen LogP contribution in [-0.4, -0.2) is 9.97 Å². The third-order valence-corrected chi connectivity index (χ3v) is 3.38. The third-order valence-electron chi connectivity index (χ3n) is 3.38. The summed E-state index contributed by atoms with van der Waals surface area (Å²) in [4.78, 5) is 8.50. The molecule has 3 rings (SSSR count). The van der Waals surface area contributed by atoms with Crippen molar-refractivity contribution in [3.8, 4) is 0 Å². The van der Waals surface area contributed by atoms with E-state index in [0.29, 0.717) is 5.69 Å². The van der Waals surface area contributed by atoms with Gasteiger partial charge in [-0.25, -0.2) is 14.4 Å². The number of nitrogens with one attached hydrogen (secondary N) is 1. The lowest BCUT2D eigenvalue weighted by Gasteiger charge is -2.16. The normalized spacial score (nSPS) is 12.3. The molecule has 3 N–H and O–H groups in total. The van der Waals surface area contributed by atoms with Crippen LogP contribution in [0.3, 0.4) is 0 Å². The Morgan fingerprint density at radius 3 is 2.62 bits per heavy atom. The van der Waals surface area contributed by atoms with Crippen LogP contribution < -0.4 is 11.1 Å². The average molecular weight is 282 g/mol. The molecule has 0 bridgehead atoms. The predicted octanol–water partition coefficient (Wildman–Crippen LogP) is 3.52. The Hall–Kier alpha value is -2.69. The van der Waals surface area contributed by atoms with Gasteiger partial charge >= 0.3 is 0 Å².